The first kappa shape index (κ1) is 19.6. The summed E-state index contributed by atoms with van der Waals surface area (Å²) in [6, 6.07) is 8.29. The van der Waals surface area contributed by atoms with Crippen molar-refractivity contribution in [3.8, 4) is 11.4 Å². The Hall–Kier alpha value is -2.76. The first-order valence-corrected chi connectivity index (χ1v) is 10.7. The van der Waals surface area contributed by atoms with Gasteiger partial charge in [0.1, 0.15) is 5.82 Å². The van der Waals surface area contributed by atoms with Crippen LogP contribution >= 0.6 is 11.3 Å². The molecule has 0 aliphatic heterocycles. The van der Waals surface area contributed by atoms with E-state index in [-0.39, 0.29) is 17.9 Å². The van der Waals surface area contributed by atoms with Gasteiger partial charge in [0.25, 0.3) is 0 Å². The number of aromatic nitrogens is 3. The van der Waals surface area contributed by atoms with Crippen molar-refractivity contribution >= 4 is 26.3 Å². The molecule has 0 amide bonds. The zero-order valence-electron chi connectivity index (χ0n) is 14.6. The van der Waals surface area contributed by atoms with Crippen molar-refractivity contribution in [2.75, 3.05) is 6.54 Å². The third-order valence-corrected chi connectivity index (χ3v) is 6.43. The Morgan fingerprint density at radius 1 is 1.07 bits per heavy atom. The molecule has 0 aliphatic rings. The molecule has 150 valence electrons. The lowest BCUT2D eigenvalue weighted by molar-refractivity contribution is 0.504. The van der Waals surface area contributed by atoms with E-state index in [2.05, 4.69) is 14.8 Å². The average Bonchev–Trinajstić information content (AvgIpc) is 3.25. The molecule has 0 unspecified atom stereocenters. The smallest absolute Gasteiger partial charge is 0.211 e. The van der Waals surface area contributed by atoms with Crippen LogP contribution in [0.2, 0.25) is 0 Å². The Kier molecular flexibility index (Phi) is 5.11. The molecule has 2 aromatic carbocycles. The van der Waals surface area contributed by atoms with Crippen LogP contribution < -0.4 is 4.72 Å². The lowest BCUT2D eigenvalue weighted by Crippen LogP contribution is -2.26. The number of thiazole rings is 1. The summed E-state index contributed by atoms with van der Waals surface area (Å²) in [5.74, 6) is -2.39. The summed E-state index contributed by atoms with van der Waals surface area (Å²) in [7, 11) is -3.99. The quantitative estimate of drug-likeness (QED) is 0.501. The van der Waals surface area contributed by atoms with E-state index < -0.39 is 27.5 Å². The Balaban J connectivity index is 1.49. The van der Waals surface area contributed by atoms with Gasteiger partial charge in [-0.3, -0.25) is 0 Å². The number of rotatable bonds is 6. The number of sulfonamides is 1. The molecule has 0 spiro atoms. The first-order chi connectivity index (χ1) is 13.8. The molecule has 0 atom stereocenters. The van der Waals surface area contributed by atoms with Crippen LogP contribution in [-0.2, 0) is 16.4 Å². The molecule has 2 aromatic heterocycles. The average molecular weight is 438 g/mol. The molecular weight excluding hydrogens is 425 g/mol. The van der Waals surface area contributed by atoms with E-state index in [1.165, 1.54) is 23.5 Å². The summed E-state index contributed by atoms with van der Waals surface area (Å²) in [6.07, 6.45) is 0.287. The Morgan fingerprint density at radius 3 is 2.66 bits per heavy atom. The zero-order valence-corrected chi connectivity index (χ0v) is 16.3. The van der Waals surface area contributed by atoms with Gasteiger partial charge in [0.2, 0.25) is 15.0 Å². The van der Waals surface area contributed by atoms with Crippen LogP contribution in [0.5, 0.6) is 0 Å². The largest absolute Gasteiger partial charge is 0.240 e. The fourth-order valence-electron chi connectivity index (χ4n) is 2.69. The summed E-state index contributed by atoms with van der Waals surface area (Å²) in [4.78, 5) is 4.58. The summed E-state index contributed by atoms with van der Waals surface area (Å²) >= 11 is 1.32. The highest BCUT2D eigenvalue weighted by molar-refractivity contribution is 7.89. The Bertz CT molecular complexity index is 1300. The molecule has 11 heteroatoms. The van der Waals surface area contributed by atoms with Gasteiger partial charge in [0, 0.05) is 23.9 Å². The van der Waals surface area contributed by atoms with Crippen molar-refractivity contribution in [1.29, 1.82) is 0 Å². The molecule has 2 heterocycles. The van der Waals surface area contributed by atoms with Crippen LogP contribution in [-0.4, -0.2) is 29.6 Å². The topological polar surface area (TPSA) is 76.4 Å². The minimum atomic E-state index is -3.99. The summed E-state index contributed by atoms with van der Waals surface area (Å²) in [5, 5.41) is 6.15. The molecule has 0 radical (unpaired) electrons. The van der Waals surface area contributed by atoms with Gasteiger partial charge in [-0.15, -0.1) is 16.4 Å². The number of hydrogen-bond donors (Lipinski definition) is 1. The Labute approximate surface area is 167 Å². The molecule has 6 nitrogen and oxygen atoms in total. The SMILES string of the molecule is O=S(=O)(NCCc1csc2nc(-c3cccc(F)c3)nn12)c1ccc(F)c(F)c1. The molecule has 0 fully saturated rings. The second kappa shape index (κ2) is 7.58. The van der Waals surface area contributed by atoms with E-state index in [4.69, 9.17) is 0 Å². The predicted molar refractivity (Wildman–Crippen MR) is 102 cm³/mol. The highest BCUT2D eigenvalue weighted by Gasteiger charge is 2.17. The fraction of sp³-hybridized carbons (Fsp3) is 0.111. The van der Waals surface area contributed by atoms with Gasteiger partial charge in [-0.2, -0.15) is 4.98 Å². The standard InChI is InChI=1S/C18H13F3N4O2S2/c19-12-3-1-2-11(8-12)17-23-18-25(24-17)13(10-28-18)6-7-22-29(26,27)14-4-5-15(20)16(21)9-14/h1-5,8-10,22H,6-7H2. The Morgan fingerprint density at radius 2 is 1.90 bits per heavy atom. The fourth-order valence-corrected chi connectivity index (χ4v) is 4.59. The van der Waals surface area contributed by atoms with Crippen molar-refractivity contribution < 1.29 is 21.6 Å². The number of benzene rings is 2. The maximum atomic E-state index is 13.4. The van der Waals surface area contributed by atoms with Gasteiger partial charge < -0.3 is 0 Å². The molecule has 4 rings (SSSR count). The third-order valence-electron chi connectivity index (χ3n) is 4.11. The second-order valence-electron chi connectivity index (χ2n) is 6.09. The minimum Gasteiger partial charge on any atom is -0.211 e. The van der Waals surface area contributed by atoms with Crippen molar-refractivity contribution in [1.82, 2.24) is 19.3 Å². The first-order valence-electron chi connectivity index (χ1n) is 8.37. The molecule has 1 N–H and O–H groups in total. The van der Waals surface area contributed by atoms with Gasteiger partial charge in [-0.05, 0) is 30.3 Å². The van der Waals surface area contributed by atoms with E-state index in [0.717, 1.165) is 12.1 Å². The highest BCUT2D eigenvalue weighted by Crippen LogP contribution is 2.22. The summed E-state index contributed by atoms with van der Waals surface area (Å²) in [5.41, 5.74) is 1.24. The molecule has 0 bridgehead atoms. The van der Waals surface area contributed by atoms with Crippen molar-refractivity contribution in [2.24, 2.45) is 0 Å². The number of fused-ring (bicyclic) bond motifs is 1. The van der Waals surface area contributed by atoms with Crippen molar-refractivity contribution in [3.63, 3.8) is 0 Å². The normalized spacial score (nSPS) is 12.0. The van der Waals surface area contributed by atoms with E-state index in [1.807, 2.05) is 0 Å². The number of hydrogen-bond acceptors (Lipinski definition) is 5. The lowest BCUT2D eigenvalue weighted by Gasteiger charge is -2.06. The molecule has 0 saturated heterocycles. The third kappa shape index (κ3) is 4.02. The number of nitrogens with one attached hydrogen (secondary N) is 1. The summed E-state index contributed by atoms with van der Waals surface area (Å²) in [6.45, 7) is 0.0162. The van der Waals surface area contributed by atoms with Crippen LogP contribution in [0.4, 0.5) is 13.2 Å². The van der Waals surface area contributed by atoms with Gasteiger partial charge in [0.05, 0.1) is 10.6 Å². The van der Waals surface area contributed by atoms with Gasteiger partial charge in [0.15, 0.2) is 17.5 Å². The van der Waals surface area contributed by atoms with Gasteiger partial charge in [-0.25, -0.2) is 30.8 Å². The van der Waals surface area contributed by atoms with Crippen LogP contribution in [0.25, 0.3) is 16.3 Å². The van der Waals surface area contributed by atoms with Crippen molar-refractivity contribution in [2.45, 2.75) is 11.3 Å². The van der Waals surface area contributed by atoms with Crippen LogP contribution in [0.3, 0.4) is 0 Å². The maximum Gasteiger partial charge on any atom is 0.240 e. The van der Waals surface area contributed by atoms with Crippen LogP contribution in [0.1, 0.15) is 5.69 Å². The van der Waals surface area contributed by atoms with Gasteiger partial charge in [-0.1, -0.05) is 12.1 Å². The molecule has 0 aliphatic carbocycles. The van der Waals surface area contributed by atoms with Crippen molar-refractivity contribution in [3.05, 3.63) is 71.0 Å². The molecular formula is C18H13F3N4O2S2. The van der Waals surface area contributed by atoms with E-state index in [1.54, 1.807) is 22.0 Å². The van der Waals surface area contributed by atoms with E-state index in [9.17, 15) is 21.6 Å². The monoisotopic (exact) mass is 438 g/mol. The number of halogens is 3. The molecule has 0 saturated carbocycles. The van der Waals surface area contributed by atoms with Crippen LogP contribution in [0.15, 0.2) is 52.7 Å². The predicted octanol–water partition coefficient (Wildman–Crippen LogP) is 3.40. The molecule has 29 heavy (non-hydrogen) atoms. The van der Waals surface area contributed by atoms with Crippen LogP contribution in [0, 0.1) is 17.5 Å². The molecule has 4 aromatic rings. The summed E-state index contributed by atoms with van der Waals surface area (Å²) < 4.78 is 68.1. The number of nitrogens with zero attached hydrogens (tertiary/aromatic N) is 3. The zero-order chi connectivity index (χ0) is 20.6. The second-order valence-corrected chi connectivity index (χ2v) is 8.69. The van der Waals surface area contributed by atoms with E-state index in [0.29, 0.717) is 28.1 Å². The lowest BCUT2D eigenvalue weighted by atomic mass is 10.2. The maximum absolute atomic E-state index is 13.4. The minimum absolute atomic E-state index is 0.0162. The van der Waals surface area contributed by atoms with Gasteiger partial charge >= 0.3 is 0 Å². The van der Waals surface area contributed by atoms with E-state index >= 15 is 0 Å². The highest BCUT2D eigenvalue weighted by atomic mass is 32.2.